The van der Waals surface area contributed by atoms with Crippen molar-refractivity contribution in [2.75, 3.05) is 5.75 Å². The number of amides is 4. The quantitative estimate of drug-likeness (QED) is 0.0817. The summed E-state index contributed by atoms with van der Waals surface area (Å²) in [7, 11) is 0. The van der Waals surface area contributed by atoms with Gasteiger partial charge >= 0.3 is 0 Å². The van der Waals surface area contributed by atoms with Crippen molar-refractivity contribution in [1.82, 2.24) is 21.4 Å². The number of thiol groups is 1. The molecule has 2 rings (SSSR count). The normalized spacial score (nSPS) is 13.1. The van der Waals surface area contributed by atoms with Crippen LogP contribution in [-0.4, -0.2) is 68.0 Å². The molecule has 0 fully saturated rings. The van der Waals surface area contributed by atoms with Gasteiger partial charge in [0.15, 0.2) is 11.5 Å². The average Bonchev–Trinajstić information content (AvgIpc) is 2.84. The van der Waals surface area contributed by atoms with Crippen LogP contribution in [0.3, 0.4) is 0 Å². The van der Waals surface area contributed by atoms with Gasteiger partial charge in [0.2, 0.25) is 17.7 Å². The summed E-state index contributed by atoms with van der Waals surface area (Å²) in [4.78, 5) is 49.6. The highest BCUT2D eigenvalue weighted by atomic mass is 32.1. The molecule has 0 aliphatic rings. The minimum Gasteiger partial charge on any atom is -0.508 e. The smallest absolute Gasteiger partial charge is 0.266 e. The molecule has 194 valence electrons. The van der Waals surface area contributed by atoms with Crippen LogP contribution in [0.2, 0.25) is 0 Å². The maximum Gasteiger partial charge on any atom is 0.266 e. The van der Waals surface area contributed by atoms with Crippen LogP contribution in [0.1, 0.15) is 18.1 Å². The van der Waals surface area contributed by atoms with Crippen molar-refractivity contribution in [1.29, 1.82) is 0 Å². The molecule has 0 saturated carbocycles. The zero-order chi connectivity index (χ0) is 26.8. The Morgan fingerprint density at radius 2 is 1.28 bits per heavy atom. The number of carbonyl (C=O) groups excluding carboxylic acids is 4. The number of hydroxylamine groups is 1. The minimum atomic E-state index is -1.29. The van der Waals surface area contributed by atoms with Gasteiger partial charge in [-0.2, -0.15) is 12.6 Å². The Hall–Kier alpha value is -3.97. The van der Waals surface area contributed by atoms with E-state index < -0.39 is 47.5 Å². The molecule has 0 heterocycles. The lowest BCUT2D eigenvalue weighted by Gasteiger charge is -2.24. The Morgan fingerprint density at radius 3 is 1.81 bits per heavy atom. The molecule has 12 nitrogen and oxygen atoms in total. The predicted molar refractivity (Wildman–Crippen MR) is 131 cm³/mol. The van der Waals surface area contributed by atoms with Crippen LogP contribution in [0, 0.1) is 0 Å². The molecule has 3 atom stereocenters. The fourth-order valence-corrected chi connectivity index (χ4v) is 3.54. The zero-order valence-corrected chi connectivity index (χ0v) is 20.2. The third-order valence-electron chi connectivity index (χ3n) is 5.11. The minimum absolute atomic E-state index is 0.00351. The molecule has 8 N–H and O–H groups in total. The van der Waals surface area contributed by atoms with Crippen LogP contribution < -0.4 is 21.4 Å². The summed E-state index contributed by atoms with van der Waals surface area (Å²) in [6, 6.07) is 6.10. The summed E-state index contributed by atoms with van der Waals surface area (Å²) in [5.74, 6) is -3.79. The van der Waals surface area contributed by atoms with Crippen molar-refractivity contribution in [3.8, 4) is 17.2 Å². The molecule has 4 amide bonds. The Labute approximate surface area is 212 Å². The molecule has 0 aliphatic heterocycles. The lowest BCUT2D eigenvalue weighted by atomic mass is 10.0. The van der Waals surface area contributed by atoms with Gasteiger partial charge < -0.3 is 31.3 Å². The number of nitrogens with one attached hydrogen (secondary N) is 4. The highest BCUT2D eigenvalue weighted by molar-refractivity contribution is 7.80. The number of hydrogen-bond donors (Lipinski definition) is 9. The lowest BCUT2D eigenvalue weighted by molar-refractivity contribution is -0.136. The molecule has 0 radical (unpaired) electrons. The van der Waals surface area contributed by atoms with Crippen LogP contribution in [-0.2, 0) is 32.0 Å². The summed E-state index contributed by atoms with van der Waals surface area (Å²) in [5, 5.41) is 45.3. The van der Waals surface area contributed by atoms with E-state index in [0.29, 0.717) is 11.1 Å². The van der Waals surface area contributed by atoms with Crippen molar-refractivity contribution in [3.05, 3.63) is 53.6 Å². The predicted octanol–water partition coefficient (Wildman–Crippen LogP) is -0.502. The summed E-state index contributed by atoms with van der Waals surface area (Å²) >= 11 is 4.05. The van der Waals surface area contributed by atoms with Gasteiger partial charge in [0.25, 0.3) is 5.91 Å². The third kappa shape index (κ3) is 8.36. The van der Waals surface area contributed by atoms with Crippen molar-refractivity contribution in [3.63, 3.8) is 0 Å². The van der Waals surface area contributed by atoms with Crippen molar-refractivity contribution < 1.29 is 39.7 Å². The maximum atomic E-state index is 13.2. The van der Waals surface area contributed by atoms with Crippen LogP contribution in [0.25, 0.3) is 0 Å². The van der Waals surface area contributed by atoms with Crippen LogP contribution in [0.5, 0.6) is 17.2 Å². The highest BCUT2D eigenvalue weighted by Crippen LogP contribution is 2.25. The topological polar surface area (TPSA) is 197 Å². The second-order valence-corrected chi connectivity index (χ2v) is 8.30. The lowest BCUT2D eigenvalue weighted by Crippen LogP contribution is -2.57. The van der Waals surface area contributed by atoms with Gasteiger partial charge in [-0.1, -0.05) is 18.2 Å². The van der Waals surface area contributed by atoms with Crippen molar-refractivity contribution in [2.45, 2.75) is 37.9 Å². The Bertz CT molecular complexity index is 1100. The standard InChI is InChI=1S/C23H28N4O8S/c1-12(28)24-18(11-36)22(33)25-16(9-14-4-7-19(30)20(31)10-14)21(32)26-17(23(34)27-35)8-13-2-5-15(29)6-3-13/h2-7,10,16-18,29-31,35-36H,8-9,11H2,1H3,(H,24,28)(H,25,33)(H,26,32)(H,27,34)/t16-,17-,18-/m0/s1. The number of hydrogen-bond acceptors (Lipinski definition) is 9. The monoisotopic (exact) mass is 520 g/mol. The molecule has 0 saturated heterocycles. The number of rotatable bonds is 11. The first-order valence-electron chi connectivity index (χ1n) is 10.8. The zero-order valence-electron chi connectivity index (χ0n) is 19.3. The summed E-state index contributed by atoms with van der Waals surface area (Å²) < 4.78 is 0. The van der Waals surface area contributed by atoms with Gasteiger partial charge in [-0.15, -0.1) is 0 Å². The molecule has 36 heavy (non-hydrogen) atoms. The SMILES string of the molecule is CC(=O)N[C@@H](CS)C(=O)N[C@@H](Cc1ccc(O)c(O)c1)C(=O)N[C@@H](Cc1ccc(O)cc1)C(=O)NO. The van der Waals surface area contributed by atoms with Gasteiger partial charge in [0.05, 0.1) is 0 Å². The average molecular weight is 521 g/mol. The molecule has 0 spiro atoms. The molecule has 0 aliphatic carbocycles. The van der Waals surface area contributed by atoms with E-state index in [-0.39, 0.29) is 30.1 Å². The summed E-state index contributed by atoms with van der Waals surface area (Å²) in [6.45, 7) is 1.22. The summed E-state index contributed by atoms with van der Waals surface area (Å²) in [6.07, 6.45) is -0.207. The van der Waals surface area contributed by atoms with Crippen LogP contribution >= 0.6 is 12.6 Å². The van der Waals surface area contributed by atoms with E-state index in [1.807, 2.05) is 0 Å². The van der Waals surface area contributed by atoms with E-state index in [2.05, 4.69) is 28.6 Å². The van der Waals surface area contributed by atoms with Crippen LogP contribution in [0.15, 0.2) is 42.5 Å². The largest absolute Gasteiger partial charge is 0.508 e. The van der Waals surface area contributed by atoms with Gasteiger partial charge in [-0.05, 0) is 35.4 Å². The van der Waals surface area contributed by atoms with E-state index in [1.54, 1.807) is 0 Å². The molecular weight excluding hydrogens is 492 g/mol. The molecule has 0 aromatic heterocycles. The van der Waals surface area contributed by atoms with Crippen molar-refractivity contribution in [2.24, 2.45) is 0 Å². The van der Waals surface area contributed by atoms with Gasteiger partial charge in [-0.3, -0.25) is 24.4 Å². The van der Waals surface area contributed by atoms with Gasteiger partial charge in [0, 0.05) is 25.5 Å². The third-order valence-corrected chi connectivity index (χ3v) is 5.47. The first-order valence-corrected chi connectivity index (χ1v) is 11.4. The molecular formula is C23H28N4O8S. The van der Waals surface area contributed by atoms with Gasteiger partial charge in [-0.25, -0.2) is 5.48 Å². The molecule has 13 heteroatoms. The molecule has 0 unspecified atom stereocenters. The first-order chi connectivity index (χ1) is 17.0. The molecule has 2 aromatic carbocycles. The van der Waals surface area contributed by atoms with Crippen LogP contribution in [0.4, 0.5) is 0 Å². The first kappa shape index (κ1) is 28.3. The Balaban J connectivity index is 2.29. The fraction of sp³-hybridized carbons (Fsp3) is 0.304. The number of aromatic hydroxyl groups is 3. The van der Waals surface area contributed by atoms with Crippen molar-refractivity contribution >= 4 is 36.3 Å². The maximum absolute atomic E-state index is 13.2. The summed E-state index contributed by atoms with van der Waals surface area (Å²) in [5.41, 5.74) is 2.42. The van der Waals surface area contributed by atoms with E-state index in [0.717, 1.165) is 0 Å². The number of phenolic OH excluding ortho intramolecular Hbond substituents is 3. The second-order valence-electron chi connectivity index (χ2n) is 7.93. The molecule has 0 bridgehead atoms. The van der Waals surface area contributed by atoms with E-state index in [4.69, 9.17) is 5.21 Å². The van der Waals surface area contributed by atoms with E-state index in [9.17, 15) is 34.5 Å². The highest BCUT2D eigenvalue weighted by Gasteiger charge is 2.29. The second kappa shape index (κ2) is 13.2. The number of benzene rings is 2. The number of phenols is 3. The van der Waals surface area contributed by atoms with E-state index >= 15 is 0 Å². The van der Waals surface area contributed by atoms with Gasteiger partial charge in [0.1, 0.15) is 23.9 Å². The van der Waals surface area contributed by atoms with E-state index in [1.165, 1.54) is 54.9 Å². The molecule has 2 aromatic rings. The Morgan fingerprint density at radius 1 is 0.750 bits per heavy atom. The fourth-order valence-electron chi connectivity index (χ4n) is 3.28. The number of carbonyl (C=O) groups is 4. The Kier molecular flexibility index (Phi) is 10.4.